The number of morpholine rings is 1. The SMILES string of the molecule is O=C(NCCN1CCOCC1)c1cccc(NCc2ccc3c(c2)OCO3)n1. The van der Waals surface area contributed by atoms with Gasteiger partial charge in [0.05, 0.1) is 13.2 Å². The molecular weight excluding hydrogens is 360 g/mol. The third-order valence-electron chi connectivity index (χ3n) is 4.71. The maximum absolute atomic E-state index is 12.4. The first kappa shape index (κ1) is 18.5. The maximum atomic E-state index is 12.4. The largest absolute Gasteiger partial charge is 0.454 e. The molecule has 0 unspecified atom stereocenters. The topological polar surface area (TPSA) is 85.0 Å². The van der Waals surface area contributed by atoms with Gasteiger partial charge in [0, 0.05) is 32.7 Å². The van der Waals surface area contributed by atoms with E-state index < -0.39 is 0 Å². The number of hydrogen-bond acceptors (Lipinski definition) is 7. The number of carbonyl (C=O) groups excluding carboxylic acids is 1. The molecule has 2 aliphatic heterocycles. The van der Waals surface area contributed by atoms with Gasteiger partial charge in [-0.2, -0.15) is 0 Å². The van der Waals surface area contributed by atoms with Crippen molar-refractivity contribution in [2.45, 2.75) is 6.54 Å². The molecule has 28 heavy (non-hydrogen) atoms. The van der Waals surface area contributed by atoms with Crippen LogP contribution in [-0.4, -0.2) is 62.0 Å². The highest BCUT2D eigenvalue weighted by atomic mass is 16.7. The quantitative estimate of drug-likeness (QED) is 0.748. The summed E-state index contributed by atoms with van der Waals surface area (Å²) in [6, 6.07) is 11.2. The molecule has 0 bridgehead atoms. The van der Waals surface area contributed by atoms with Gasteiger partial charge >= 0.3 is 0 Å². The summed E-state index contributed by atoms with van der Waals surface area (Å²) in [6.45, 7) is 5.58. The predicted molar refractivity (Wildman–Crippen MR) is 104 cm³/mol. The summed E-state index contributed by atoms with van der Waals surface area (Å²) in [5.41, 5.74) is 1.45. The number of amides is 1. The summed E-state index contributed by atoms with van der Waals surface area (Å²) in [6.07, 6.45) is 0. The van der Waals surface area contributed by atoms with Gasteiger partial charge in [-0.1, -0.05) is 12.1 Å². The lowest BCUT2D eigenvalue weighted by atomic mass is 10.2. The first-order chi connectivity index (χ1) is 13.8. The fraction of sp³-hybridized carbons (Fsp3) is 0.400. The van der Waals surface area contributed by atoms with E-state index in [0.29, 0.717) is 24.6 Å². The first-order valence-electron chi connectivity index (χ1n) is 9.46. The third-order valence-corrected chi connectivity index (χ3v) is 4.71. The van der Waals surface area contributed by atoms with Crippen molar-refractivity contribution < 1.29 is 19.0 Å². The highest BCUT2D eigenvalue weighted by molar-refractivity contribution is 5.92. The molecule has 8 nitrogen and oxygen atoms in total. The van der Waals surface area contributed by atoms with E-state index in [-0.39, 0.29) is 12.7 Å². The lowest BCUT2D eigenvalue weighted by Gasteiger charge is -2.26. The molecular formula is C20H24N4O4. The molecule has 2 aromatic rings. The summed E-state index contributed by atoms with van der Waals surface area (Å²) in [4.78, 5) is 19.1. The molecule has 1 aromatic heterocycles. The highest BCUT2D eigenvalue weighted by Gasteiger charge is 2.14. The Bertz CT molecular complexity index is 824. The lowest BCUT2D eigenvalue weighted by Crippen LogP contribution is -2.41. The minimum absolute atomic E-state index is 0.167. The monoisotopic (exact) mass is 384 g/mol. The van der Waals surface area contributed by atoms with Crippen molar-refractivity contribution in [2.24, 2.45) is 0 Å². The average Bonchev–Trinajstić information content (AvgIpc) is 3.21. The van der Waals surface area contributed by atoms with Crippen LogP contribution in [0.4, 0.5) is 5.82 Å². The summed E-state index contributed by atoms with van der Waals surface area (Å²) in [5, 5.41) is 6.18. The van der Waals surface area contributed by atoms with E-state index >= 15 is 0 Å². The molecule has 0 atom stereocenters. The molecule has 2 N–H and O–H groups in total. The molecule has 2 aliphatic rings. The van der Waals surface area contributed by atoms with Crippen molar-refractivity contribution in [3.63, 3.8) is 0 Å². The average molecular weight is 384 g/mol. The summed E-state index contributed by atoms with van der Waals surface area (Å²) in [7, 11) is 0. The van der Waals surface area contributed by atoms with Gasteiger partial charge in [-0.15, -0.1) is 0 Å². The Morgan fingerprint density at radius 1 is 1.11 bits per heavy atom. The Balaban J connectivity index is 1.28. The number of ether oxygens (including phenoxy) is 3. The standard InChI is InChI=1S/C20H24N4O4/c25-20(21-6-7-24-8-10-26-11-9-24)16-2-1-3-19(23-16)22-13-15-4-5-17-18(12-15)28-14-27-17/h1-5,12H,6-11,13-14H2,(H,21,25)(H,22,23). The van der Waals surface area contributed by atoms with Crippen LogP contribution in [-0.2, 0) is 11.3 Å². The number of pyridine rings is 1. The molecule has 148 valence electrons. The van der Waals surface area contributed by atoms with Crippen molar-refractivity contribution in [2.75, 3.05) is 51.5 Å². The van der Waals surface area contributed by atoms with Crippen LogP contribution in [0.5, 0.6) is 11.5 Å². The minimum Gasteiger partial charge on any atom is -0.454 e. The second kappa shape index (κ2) is 8.90. The fourth-order valence-corrected chi connectivity index (χ4v) is 3.15. The molecule has 1 aromatic carbocycles. The van der Waals surface area contributed by atoms with Gasteiger partial charge in [0.1, 0.15) is 11.5 Å². The number of rotatable bonds is 7. The van der Waals surface area contributed by atoms with Crippen molar-refractivity contribution in [3.05, 3.63) is 47.7 Å². The van der Waals surface area contributed by atoms with E-state index in [1.807, 2.05) is 30.3 Å². The zero-order chi connectivity index (χ0) is 19.2. The molecule has 3 heterocycles. The van der Waals surface area contributed by atoms with Crippen LogP contribution in [0.1, 0.15) is 16.1 Å². The Morgan fingerprint density at radius 3 is 2.86 bits per heavy atom. The molecule has 0 aliphatic carbocycles. The second-order valence-corrected chi connectivity index (χ2v) is 6.66. The zero-order valence-electron chi connectivity index (χ0n) is 15.6. The Morgan fingerprint density at radius 2 is 1.96 bits per heavy atom. The molecule has 0 radical (unpaired) electrons. The van der Waals surface area contributed by atoms with Gasteiger partial charge < -0.3 is 24.8 Å². The van der Waals surface area contributed by atoms with Crippen LogP contribution in [0, 0.1) is 0 Å². The van der Waals surface area contributed by atoms with E-state index in [1.54, 1.807) is 6.07 Å². The van der Waals surface area contributed by atoms with Crippen LogP contribution in [0.3, 0.4) is 0 Å². The first-order valence-corrected chi connectivity index (χ1v) is 9.46. The van der Waals surface area contributed by atoms with Crippen LogP contribution in [0.25, 0.3) is 0 Å². The second-order valence-electron chi connectivity index (χ2n) is 6.66. The molecule has 0 spiro atoms. The fourth-order valence-electron chi connectivity index (χ4n) is 3.15. The van der Waals surface area contributed by atoms with Gasteiger partial charge in [-0.25, -0.2) is 4.98 Å². The van der Waals surface area contributed by atoms with Gasteiger partial charge in [0.15, 0.2) is 11.5 Å². The summed E-state index contributed by atoms with van der Waals surface area (Å²) >= 11 is 0. The number of nitrogens with zero attached hydrogens (tertiary/aromatic N) is 2. The normalized spacial score (nSPS) is 16.0. The number of aromatic nitrogens is 1. The van der Waals surface area contributed by atoms with Crippen molar-refractivity contribution in [1.82, 2.24) is 15.2 Å². The molecule has 1 saturated heterocycles. The van der Waals surface area contributed by atoms with Gasteiger partial charge in [0.25, 0.3) is 5.91 Å². The number of nitrogens with one attached hydrogen (secondary N) is 2. The number of anilines is 1. The lowest BCUT2D eigenvalue weighted by molar-refractivity contribution is 0.0383. The number of carbonyl (C=O) groups is 1. The zero-order valence-corrected chi connectivity index (χ0v) is 15.6. The van der Waals surface area contributed by atoms with Crippen molar-refractivity contribution >= 4 is 11.7 Å². The van der Waals surface area contributed by atoms with E-state index in [2.05, 4.69) is 20.5 Å². The minimum atomic E-state index is -0.167. The van der Waals surface area contributed by atoms with Gasteiger partial charge in [0.2, 0.25) is 6.79 Å². The molecule has 1 amide bonds. The Kier molecular flexibility index (Phi) is 5.89. The van der Waals surface area contributed by atoms with Crippen molar-refractivity contribution in [1.29, 1.82) is 0 Å². The third kappa shape index (κ3) is 4.71. The van der Waals surface area contributed by atoms with Gasteiger partial charge in [-0.05, 0) is 29.8 Å². The molecule has 8 heteroatoms. The van der Waals surface area contributed by atoms with E-state index in [1.165, 1.54) is 0 Å². The number of benzene rings is 1. The van der Waals surface area contributed by atoms with E-state index in [0.717, 1.165) is 49.9 Å². The summed E-state index contributed by atoms with van der Waals surface area (Å²) in [5.74, 6) is 2.00. The number of fused-ring (bicyclic) bond motifs is 1. The Labute approximate surface area is 163 Å². The Hall–Kier alpha value is -2.84. The van der Waals surface area contributed by atoms with E-state index in [9.17, 15) is 4.79 Å². The van der Waals surface area contributed by atoms with Gasteiger partial charge in [-0.3, -0.25) is 9.69 Å². The highest BCUT2D eigenvalue weighted by Crippen LogP contribution is 2.32. The van der Waals surface area contributed by atoms with E-state index in [4.69, 9.17) is 14.2 Å². The van der Waals surface area contributed by atoms with Crippen LogP contribution in [0.2, 0.25) is 0 Å². The maximum Gasteiger partial charge on any atom is 0.270 e. The molecule has 4 rings (SSSR count). The number of hydrogen-bond donors (Lipinski definition) is 2. The smallest absolute Gasteiger partial charge is 0.270 e. The van der Waals surface area contributed by atoms with Crippen LogP contribution < -0.4 is 20.1 Å². The molecule has 1 fully saturated rings. The van der Waals surface area contributed by atoms with Crippen LogP contribution >= 0.6 is 0 Å². The summed E-state index contributed by atoms with van der Waals surface area (Å²) < 4.78 is 16.0. The molecule has 0 saturated carbocycles. The van der Waals surface area contributed by atoms with Crippen LogP contribution in [0.15, 0.2) is 36.4 Å². The van der Waals surface area contributed by atoms with Crippen molar-refractivity contribution in [3.8, 4) is 11.5 Å². The predicted octanol–water partition coefficient (Wildman–Crippen LogP) is 1.48.